The fraction of sp³-hybridized carbons (Fsp3) is 0.500. The third-order valence-electron chi connectivity index (χ3n) is 4.59. The molecular weight excluding hydrogens is 330 g/mol. The van der Waals surface area contributed by atoms with E-state index >= 15 is 0 Å². The lowest BCUT2D eigenvalue weighted by atomic mass is 9.82. The van der Waals surface area contributed by atoms with Crippen LogP contribution in [0.25, 0.3) is 0 Å². The van der Waals surface area contributed by atoms with Crippen LogP contribution < -0.4 is 0 Å². The number of rotatable bonds is 3. The lowest BCUT2D eigenvalue weighted by molar-refractivity contribution is -0.227. The maximum Gasteiger partial charge on any atom is 0.406 e. The number of amides is 1. The minimum Gasteiger partial charge on any atom is -0.481 e. The molecule has 1 atom stereocenters. The second kappa shape index (κ2) is 5.75. The number of aliphatic carboxylic acids is 1. The van der Waals surface area contributed by atoms with Crippen LogP contribution in [0.1, 0.15) is 25.8 Å². The number of hydrogen-bond acceptors (Lipinski definition) is 2. The van der Waals surface area contributed by atoms with Crippen molar-refractivity contribution >= 4 is 11.9 Å². The molecule has 1 aliphatic heterocycles. The molecule has 8 heteroatoms. The van der Waals surface area contributed by atoms with Crippen LogP contribution in [0.2, 0.25) is 0 Å². The zero-order valence-corrected chi connectivity index (χ0v) is 13.2. The van der Waals surface area contributed by atoms with Crippen molar-refractivity contribution in [2.45, 2.75) is 31.9 Å². The fourth-order valence-corrected chi connectivity index (χ4v) is 2.99. The van der Waals surface area contributed by atoms with Crippen molar-refractivity contribution in [3.63, 3.8) is 0 Å². The monoisotopic (exact) mass is 347 g/mol. The second-order valence-electron chi connectivity index (χ2n) is 6.47. The van der Waals surface area contributed by atoms with Gasteiger partial charge in [-0.15, -0.1) is 0 Å². The lowest BCUT2D eigenvalue weighted by Gasteiger charge is -2.32. The molecule has 0 aromatic heterocycles. The third kappa shape index (κ3) is 2.74. The molecular formula is C16H17F4NO3. The van der Waals surface area contributed by atoms with Crippen molar-refractivity contribution < 1.29 is 32.3 Å². The molecule has 1 fully saturated rings. The Morgan fingerprint density at radius 2 is 1.79 bits per heavy atom. The van der Waals surface area contributed by atoms with Crippen molar-refractivity contribution in [3.05, 3.63) is 35.6 Å². The molecule has 132 valence electrons. The van der Waals surface area contributed by atoms with Gasteiger partial charge in [-0.05, 0) is 26.3 Å². The van der Waals surface area contributed by atoms with E-state index in [0.717, 1.165) is 11.0 Å². The highest BCUT2D eigenvalue weighted by Crippen LogP contribution is 2.46. The maximum absolute atomic E-state index is 14.0. The first kappa shape index (κ1) is 18.2. The number of halogens is 4. The van der Waals surface area contributed by atoms with Gasteiger partial charge in [0.2, 0.25) is 5.91 Å². The van der Waals surface area contributed by atoms with E-state index in [1.807, 2.05) is 0 Å². The zero-order chi connectivity index (χ0) is 18.3. The molecule has 0 bridgehead atoms. The molecule has 1 aromatic rings. The summed E-state index contributed by atoms with van der Waals surface area (Å²) in [6.07, 6.45) is -5.69. The van der Waals surface area contributed by atoms with Gasteiger partial charge in [-0.1, -0.05) is 18.2 Å². The number of likely N-dealkylation sites (tertiary alicyclic amines) is 1. The number of nitrogens with zero attached hydrogens (tertiary/aromatic N) is 1. The van der Waals surface area contributed by atoms with Gasteiger partial charge in [-0.25, -0.2) is 4.39 Å². The molecule has 1 aliphatic rings. The third-order valence-corrected chi connectivity index (χ3v) is 4.59. The average Bonchev–Trinajstić information content (AvgIpc) is 2.92. The zero-order valence-electron chi connectivity index (χ0n) is 13.2. The average molecular weight is 347 g/mol. The molecule has 0 radical (unpaired) electrons. The Hall–Kier alpha value is -2.12. The number of carbonyl (C=O) groups is 2. The molecule has 24 heavy (non-hydrogen) atoms. The number of benzene rings is 1. The van der Waals surface area contributed by atoms with Gasteiger partial charge in [0.15, 0.2) is 5.41 Å². The molecule has 1 saturated heterocycles. The summed E-state index contributed by atoms with van der Waals surface area (Å²) in [5, 5.41) is 9.04. The van der Waals surface area contributed by atoms with Gasteiger partial charge in [0.1, 0.15) is 5.82 Å². The van der Waals surface area contributed by atoms with Crippen molar-refractivity contribution in [2.24, 2.45) is 5.41 Å². The molecule has 0 spiro atoms. The highest BCUT2D eigenvalue weighted by molar-refractivity contribution is 5.89. The van der Waals surface area contributed by atoms with Crippen molar-refractivity contribution in [1.82, 2.24) is 4.90 Å². The highest BCUT2D eigenvalue weighted by atomic mass is 19.4. The second-order valence-corrected chi connectivity index (χ2v) is 6.47. The van der Waals surface area contributed by atoms with Gasteiger partial charge in [0, 0.05) is 18.7 Å². The van der Waals surface area contributed by atoms with Gasteiger partial charge >= 0.3 is 12.1 Å². The lowest BCUT2D eigenvalue weighted by Crippen LogP contribution is -2.50. The van der Waals surface area contributed by atoms with Crippen LogP contribution >= 0.6 is 0 Å². The van der Waals surface area contributed by atoms with Crippen LogP contribution in [0.5, 0.6) is 0 Å². The van der Waals surface area contributed by atoms with Crippen LogP contribution in [0.3, 0.4) is 0 Å². The van der Waals surface area contributed by atoms with Crippen LogP contribution in [0, 0.1) is 11.2 Å². The predicted molar refractivity (Wildman–Crippen MR) is 76.7 cm³/mol. The summed E-state index contributed by atoms with van der Waals surface area (Å²) in [5.41, 5.74) is -4.34. The summed E-state index contributed by atoms with van der Waals surface area (Å²) in [4.78, 5) is 24.7. The maximum atomic E-state index is 14.0. The summed E-state index contributed by atoms with van der Waals surface area (Å²) >= 11 is 0. The molecule has 0 saturated carbocycles. The van der Waals surface area contributed by atoms with Crippen LogP contribution in [0.15, 0.2) is 24.3 Å². The van der Waals surface area contributed by atoms with Gasteiger partial charge in [-0.3, -0.25) is 9.59 Å². The van der Waals surface area contributed by atoms with E-state index in [9.17, 15) is 27.2 Å². The van der Waals surface area contributed by atoms with Crippen molar-refractivity contribution in [3.8, 4) is 0 Å². The Bertz CT molecular complexity index is 672. The summed E-state index contributed by atoms with van der Waals surface area (Å²) in [5.74, 6) is -3.38. The topological polar surface area (TPSA) is 57.6 Å². The minimum atomic E-state index is -4.98. The van der Waals surface area contributed by atoms with Crippen LogP contribution in [-0.4, -0.2) is 41.1 Å². The van der Waals surface area contributed by atoms with Gasteiger partial charge < -0.3 is 10.0 Å². The standard InChI is InChI=1S/C16H17F4NO3/c1-14(2,10-5-3-4-6-11(10)17)12(22)21-8-7-15(9-21,13(23)24)16(18,19)20/h3-6H,7-9H2,1-2H3,(H,23,24). The smallest absolute Gasteiger partial charge is 0.406 e. The van der Waals surface area contributed by atoms with Crippen molar-refractivity contribution in [2.75, 3.05) is 13.1 Å². The number of carboxylic acids is 1. The minimum absolute atomic E-state index is 0.0508. The molecule has 1 unspecified atom stereocenters. The first-order valence-corrected chi connectivity index (χ1v) is 7.28. The highest BCUT2D eigenvalue weighted by Gasteiger charge is 2.64. The normalized spacial score (nSPS) is 21.8. The number of hydrogen-bond donors (Lipinski definition) is 1. The largest absolute Gasteiger partial charge is 0.481 e. The van der Waals surface area contributed by atoms with E-state index in [4.69, 9.17) is 5.11 Å². The van der Waals surface area contributed by atoms with E-state index < -0.39 is 47.7 Å². The molecule has 1 N–H and O–H groups in total. The first-order valence-electron chi connectivity index (χ1n) is 7.28. The number of alkyl halides is 3. The molecule has 2 rings (SSSR count). The van der Waals surface area contributed by atoms with Gasteiger partial charge in [-0.2, -0.15) is 13.2 Å². The van der Waals surface area contributed by atoms with E-state index in [0.29, 0.717) is 0 Å². The SMILES string of the molecule is CC(C)(C(=O)N1CCC(C(=O)O)(C(F)(F)F)C1)c1ccccc1F. The van der Waals surface area contributed by atoms with Gasteiger partial charge in [0.05, 0.1) is 5.41 Å². The van der Waals surface area contributed by atoms with Crippen molar-refractivity contribution in [1.29, 1.82) is 0 Å². The number of carboxylic acid groups (broad SMARTS) is 1. The summed E-state index contributed by atoms with van der Waals surface area (Å²) in [6.45, 7) is 1.50. The predicted octanol–water partition coefficient (Wildman–Crippen LogP) is 2.97. The Kier molecular flexibility index (Phi) is 4.37. The summed E-state index contributed by atoms with van der Waals surface area (Å²) in [7, 11) is 0. The fourth-order valence-electron chi connectivity index (χ4n) is 2.99. The molecule has 1 amide bonds. The Morgan fingerprint density at radius 1 is 1.21 bits per heavy atom. The summed E-state index contributed by atoms with van der Waals surface area (Å²) < 4.78 is 53.6. The Balaban J connectivity index is 2.32. The first-order chi connectivity index (χ1) is 10.9. The summed E-state index contributed by atoms with van der Waals surface area (Å²) in [6, 6.07) is 5.51. The molecule has 1 aromatic carbocycles. The van der Waals surface area contributed by atoms with E-state index in [1.165, 1.54) is 32.0 Å². The number of carbonyl (C=O) groups excluding carboxylic acids is 1. The van der Waals surface area contributed by atoms with Gasteiger partial charge in [0.25, 0.3) is 0 Å². The molecule has 0 aliphatic carbocycles. The van der Waals surface area contributed by atoms with Crippen LogP contribution in [-0.2, 0) is 15.0 Å². The van der Waals surface area contributed by atoms with Crippen LogP contribution in [0.4, 0.5) is 17.6 Å². The molecule has 1 heterocycles. The van der Waals surface area contributed by atoms with E-state index in [1.54, 1.807) is 0 Å². The molecule has 4 nitrogen and oxygen atoms in total. The van der Waals surface area contributed by atoms with E-state index in [2.05, 4.69) is 0 Å². The Morgan fingerprint density at radius 3 is 2.25 bits per heavy atom. The Labute approximate surface area is 136 Å². The van der Waals surface area contributed by atoms with E-state index in [-0.39, 0.29) is 12.1 Å². The quantitative estimate of drug-likeness (QED) is 0.856.